The molecule has 1 heterocycles. The number of benzene rings is 2. The third kappa shape index (κ3) is 4.99. The SMILES string of the molecule is CCCCCCN1C(=O)c2cccc3c(NCCNCCN(C)C)ccc(c23)C1=O. The van der Waals surface area contributed by atoms with Crippen molar-refractivity contribution < 1.29 is 9.59 Å². The minimum Gasteiger partial charge on any atom is -0.383 e. The molecule has 0 spiro atoms. The maximum Gasteiger partial charge on any atom is 0.261 e. The van der Waals surface area contributed by atoms with E-state index in [0.717, 1.165) is 68.3 Å². The van der Waals surface area contributed by atoms with E-state index in [0.29, 0.717) is 17.7 Å². The number of imide groups is 1. The van der Waals surface area contributed by atoms with Crippen LogP contribution in [0, 0.1) is 0 Å². The molecule has 1 aliphatic heterocycles. The van der Waals surface area contributed by atoms with E-state index in [1.165, 1.54) is 4.90 Å². The lowest BCUT2D eigenvalue weighted by Crippen LogP contribution is -2.40. The summed E-state index contributed by atoms with van der Waals surface area (Å²) in [7, 11) is 4.12. The van der Waals surface area contributed by atoms with Crippen LogP contribution in [0.15, 0.2) is 30.3 Å². The van der Waals surface area contributed by atoms with Crippen molar-refractivity contribution in [1.29, 1.82) is 0 Å². The third-order valence-electron chi connectivity index (χ3n) is 5.58. The molecule has 0 unspecified atom stereocenters. The zero-order chi connectivity index (χ0) is 21.5. The number of likely N-dealkylation sites (N-methyl/N-ethyl adjacent to an activating group) is 1. The highest BCUT2D eigenvalue weighted by molar-refractivity contribution is 6.26. The van der Waals surface area contributed by atoms with Gasteiger partial charge in [0.25, 0.3) is 11.8 Å². The molecule has 0 saturated carbocycles. The van der Waals surface area contributed by atoms with Crippen LogP contribution in [0.25, 0.3) is 10.8 Å². The van der Waals surface area contributed by atoms with Gasteiger partial charge in [0.1, 0.15) is 0 Å². The summed E-state index contributed by atoms with van der Waals surface area (Å²) in [5.74, 6) is -0.339. The smallest absolute Gasteiger partial charge is 0.261 e. The van der Waals surface area contributed by atoms with Gasteiger partial charge in [0.15, 0.2) is 0 Å². The third-order valence-corrected chi connectivity index (χ3v) is 5.58. The molecule has 2 N–H and O–H groups in total. The summed E-state index contributed by atoms with van der Waals surface area (Å²) >= 11 is 0. The summed E-state index contributed by atoms with van der Waals surface area (Å²) < 4.78 is 0. The fourth-order valence-corrected chi connectivity index (χ4v) is 3.91. The van der Waals surface area contributed by atoms with Crippen LogP contribution in [0.3, 0.4) is 0 Å². The van der Waals surface area contributed by atoms with Crippen molar-refractivity contribution >= 4 is 28.3 Å². The zero-order valence-corrected chi connectivity index (χ0v) is 18.5. The Balaban J connectivity index is 1.73. The number of unbranched alkanes of at least 4 members (excludes halogenated alkanes) is 3. The molecule has 3 rings (SSSR count). The Morgan fingerprint density at radius 1 is 0.900 bits per heavy atom. The molecule has 0 aromatic heterocycles. The number of hydrogen-bond donors (Lipinski definition) is 2. The lowest BCUT2D eigenvalue weighted by molar-refractivity contribution is 0.0608. The molecule has 6 heteroatoms. The first-order valence-corrected chi connectivity index (χ1v) is 11.1. The summed E-state index contributed by atoms with van der Waals surface area (Å²) in [4.78, 5) is 29.7. The topological polar surface area (TPSA) is 64.7 Å². The molecule has 0 fully saturated rings. The van der Waals surface area contributed by atoms with Crippen LogP contribution in [0.2, 0.25) is 0 Å². The first-order chi connectivity index (χ1) is 14.5. The van der Waals surface area contributed by atoms with Crippen molar-refractivity contribution in [3.05, 3.63) is 41.5 Å². The van der Waals surface area contributed by atoms with E-state index < -0.39 is 0 Å². The highest BCUT2D eigenvalue weighted by atomic mass is 16.2. The Labute approximate surface area is 179 Å². The quantitative estimate of drug-likeness (QED) is 0.414. The normalized spacial score (nSPS) is 13.5. The number of hydrogen-bond acceptors (Lipinski definition) is 5. The Morgan fingerprint density at radius 2 is 1.67 bits per heavy atom. The fraction of sp³-hybridized carbons (Fsp3) is 0.500. The predicted molar refractivity (Wildman–Crippen MR) is 123 cm³/mol. The standard InChI is InChI=1S/C24H34N4O2/c1-4-5-6-7-16-28-23(29)19-10-8-9-18-21(12-11-20(22(18)19)24(28)30)26-14-13-25-15-17-27(2)3/h8-12,25-26H,4-7,13-17H2,1-3H3. The van der Waals surface area contributed by atoms with Crippen LogP contribution in [0.4, 0.5) is 5.69 Å². The Morgan fingerprint density at radius 3 is 2.40 bits per heavy atom. The second kappa shape index (κ2) is 10.5. The van der Waals surface area contributed by atoms with E-state index in [4.69, 9.17) is 0 Å². The Bertz CT molecular complexity index is 872. The number of carbonyl (C=O) groups is 2. The number of amides is 2. The molecule has 2 aromatic carbocycles. The van der Waals surface area contributed by atoms with Gasteiger partial charge in [0.2, 0.25) is 0 Å². The van der Waals surface area contributed by atoms with Gasteiger partial charge < -0.3 is 15.5 Å². The van der Waals surface area contributed by atoms with E-state index in [1.54, 1.807) is 0 Å². The summed E-state index contributed by atoms with van der Waals surface area (Å²) in [5, 5.41) is 8.58. The highest BCUT2D eigenvalue weighted by Gasteiger charge is 2.32. The van der Waals surface area contributed by atoms with E-state index in [-0.39, 0.29) is 11.8 Å². The van der Waals surface area contributed by atoms with E-state index >= 15 is 0 Å². The van der Waals surface area contributed by atoms with Gasteiger partial charge >= 0.3 is 0 Å². The van der Waals surface area contributed by atoms with E-state index in [9.17, 15) is 9.59 Å². The number of nitrogens with zero attached hydrogens (tertiary/aromatic N) is 2. The predicted octanol–water partition coefficient (Wildman–Crippen LogP) is 3.58. The largest absolute Gasteiger partial charge is 0.383 e. The maximum absolute atomic E-state index is 13.0. The molecular formula is C24H34N4O2. The molecule has 2 amide bonds. The highest BCUT2D eigenvalue weighted by Crippen LogP contribution is 2.34. The number of rotatable bonds is 12. The minimum atomic E-state index is -0.169. The monoisotopic (exact) mass is 410 g/mol. The van der Waals surface area contributed by atoms with Crippen LogP contribution in [0.5, 0.6) is 0 Å². The van der Waals surface area contributed by atoms with Gasteiger partial charge in [-0.3, -0.25) is 14.5 Å². The second-order valence-electron chi connectivity index (χ2n) is 8.19. The summed E-state index contributed by atoms with van der Waals surface area (Å²) in [6.45, 7) is 6.21. The summed E-state index contributed by atoms with van der Waals surface area (Å²) in [6.07, 6.45) is 4.15. The molecule has 0 saturated heterocycles. The molecular weight excluding hydrogens is 376 g/mol. The maximum atomic E-state index is 13.0. The van der Waals surface area contributed by atoms with Crippen LogP contribution in [0.1, 0.15) is 53.3 Å². The lowest BCUT2D eigenvalue weighted by atomic mass is 9.93. The number of nitrogens with one attached hydrogen (secondary N) is 2. The lowest BCUT2D eigenvalue weighted by Gasteiger charge is -2.28. The van der Waals surface area contributed by atoms with Crippen molar-refractivity contribution in [3.8, 4) is 0 Å². The molecule has 6 nitrogen and oxygen atoms in total. The molecule has 0 atom stereocenters. The van der Waals surface area contributed by atoms with Crippen molar-refractivity contribution in [1.82, 2.24) is 15.1 Å². The van der Waals surface area contributed by atoms with Gasteiger partial charge in [0.05, 0.1) is 0 Å². The molecule has 0 bridgehead atoms. The molecule has 30 heavy (non-hydrogen) atoms. The number of anilines is 1. The van der Waals surface area contributed by atoms with Crippen molar-refractivity contribution in [2.75, 3.05) is 52.1 Å². The van der Waals surface area contributed by atoms with Crippen LogP contribution >= 0.6 is 0 Å². The van der Waals surface area contributed by atoms with Gasteiger partial charge in [0, 0.05) is 60.3 Å². The minimum absolute atomic E-state index is 0.169. The molecule has 162 valence electrons. The van der Waals surface area contributed by atoms with E-state index in [1.807, 2.05) is 30.3 Å². The summed E-state index contributed by atoms with van der Waals surface area (Å²) in [6, 6.07) is 9.56. The zero-order valence-electron chi connectivity index (χ0n) is 18.5. The van der Waals surface area contributed by atoms with Crippen molar-refractivity contribution in [2.45, 2.75) is 32.6 Å². The van der Waals surface area contributed by atoms with Crippen LogP contribution in [-0.2, 0) is 0 Å². The summed E-state index contributed by atoms with van der Waals surface area (Å²) in [5.41, 5.74) is 2.22. The Kier molecular flexibility index (Phi) is 7.82. The first kappa shape index (κ1) is 22.2. The molecule has 1 aliphatic rings. The molecule has 0 aliphatic carbocycles. The molecule has 0 radical (unpaired) electrons. The average molecular weight is 411 g/mol. The number of carbonyl (C=O) groups excluding carboxylic acids is 2. The fourth-order valence-electron chi connectivity index (χ4n) is 3.91. The second-order valence-corrected chi connectivity index (χ2v) is 8.19. The van der Waals surface area contributed by atoms with Crippen molar-refractivity contribution in [2.24, 2.45) is 0 Å². The van der Waals surface area contributed by atoms with Gasteiger partial charge in [-0.25, -0.2) is 0 Å². The van der Waals surface area contributed by atoms with Gasteiger partial charge in [-0.2, -0.15) is 0 Å². The van der Waals surface area contributed by atoms with Gasteiger partial charge in [-0.1, -0.05) is 38.3 Å². The average Bonchev–Trinajstić information content (AvgIpc) is 2.74. The first-order valence-electron chi connectivity index (χ1n) is 11.1. The van der Waals surface area contributed by atoms with Crippen molar-refractivity contribution in [3.63, 3.8) is 0 Å². The van der Waals surface area contributed by atoms with E-state index in [2.05, 4.69) is 36.6 Å². The van der Waals surface area contributed by atoms with Crippen LogP contribution < -0.4 is 10.6 Å². The van der Waals surface area contributed by atoms with Gasteiger partial charge in [-0.05, 0) is 38.7 Å². The van der Waals surface area contributed by atoms with Crippen LogP contribution in [-0.4, -0.2) is 68.4 Å². The van der Waals surface area contributed by atoms with Gasteiger partial charge in [-0.15, -0.1) is 0 Å². The molecule has 2 aromatic rings. The Hall–Kier alpha value is -2.44.